The molecular weight excluding hydrogens is 394 g/mol. The normalized spacial score (nSPS) is 18.2. The molecule has 1 atom stereocenters. The summed E-state index contributed by atoms with van der Waals surface area (Å²) in [5.41, 5.74) is 8.08. The number of likely N-dealkylation sites (N-methyl/N-ethyl adjacent to an activating group) is 1. The van der Waals surface area contributed by atoms with Crippen LogP contribution >= 0.6 is 0 Å². The van der Waals surface area contributed by atoms with Crippen molar-refractivity contribution in [2.24, 2.45) is 10.8 Å². The van der Waals surface area contributed by atoms with Crippen molar-refractivity contribution in [3.05, 3.63) is 54.6 Å². The molecule has 2 aliphatic rings. The van der Waals surface area contributed by atoms with E-state index in [1.165, 1.54) is 5.01 Å². The van der Waals surface area contributed by atoms with E-state index in [4.69, 9.17) is 15.7 Å². The Morgan fingerprint density at radius 2 is 1.58 bits per heavy atom. The molecule has 0 radical (unpaired) electrons. The second-order valence-corrected chi connectivity index (χ2v) is 7.59. The topological polar surface area (TPSA) is 108 Å². The fourth-order valence-electron chi connectivity index (χ4n) is 3.91. The molecule has 156 valence electrons. The molecule has 2 aromatic carbocycles. The number of hydrogen-bond acceptors (Lipinski definition) is 7. The van der Waals surface area contributed by atoms with Gasteiger partial charge in [0.2, 0.25) is 5.91 Å². The molecule has 2 N–H and O–H groups in total. The minimum Gasteiger partial charge on any atom is -0.368 e. The van der Waals surface area contributed by atoms with E-state index in [0.29, 0.717) is 35.9 Å². The monoisotopic (exact) mass is 415 g/mol. The number of hydrazone groups is 1. The summed E-state index contributed by atoms with van der Waals surface area (Å²) in [5.74, 6) is 0.320. The smallest absolute Gasteiger partial charge is 0.275 e. The number of aromatic nitrogens is 2. The van der Waals surface area contributed by atoms with Crippen molar-refractivity contribution in [3.8, 4) is 0 Å². The van der Waals surface area contributed by atoms with Gasteiger partial charge in [-0.15, -0.1) is 0 Å². The largest absolute Gasteiger partial charge is 0.368 e. The van der Waals surface area contributed by atoms with Crippen LogP contribution in [0.15, 0.2) is 59.7 Å². The highest BCUT2D eigenvalue weighted by atomic mass is 16.2. The molecule has 0 aliphatic carbocycles. The van der Waals surface area contributed by atoms with Crippen molar-refractivity contribution < 1.29 is 9.59 Å². The summed E-state index contributed by atoms with van der Waals surface area (Å²) in [5, 5.41) is 6.01. The summed E-state index contributed by atoms with van der Waals surface area (Å²) in [6.07, 6.45) is 0.145. The maximum absolute atomic E-state index is 13.5. The van der Waals surface area contributed by atoms with E-state index < -0.39 is 11.9 Å². The van der Waals surface area contributed by atoms with Crippen molar-refractivity contribution in [1.29, 1.82) is 0 Å². The first-order valence-electron chi connectivity index (χ1n) is 10.0. The molecule has 9 nitrogen and oxygen atoms in total. The van der Waals surface area contributed by atoms with Crippen molar-refractivity contribution in [1.82, 2.24) is 9.97 Å². The summed E-state index contributed by atoms with van der Waals surface area (Å²) in [6.45, 7) is 1.06. The van der Waals surface area contributed by atoms with Crippen LogP contribution < -0.4 is 20.5 Å². The van der Waals surface area contributed by atoms with Crippen LogP contribution in [0.5, 0.6) is 0 Å². The maximum Gasteiger partial charge on any atom is 0.275 e. The standard InChI is InChI=1S/C22H21N7O2/c1-27-11-12-28(21-20(27)24-15-9-5-6-10-16(15)25-21)22(31)17-13-18(19(23)30)29(26-17)14-7-3-2-4-8-14/h2-10,18H,11-13H2,1H3,(H2,23,30). The Labute approximate surface area is 178 Å². The number of benzene rings is 2. The third kappa shape index (κ3) is 3.24. The van der Waals surface area contributed by atoms with Crippen molar-refractivity contribution in [3.63, 3.8) is 0 Å². The highest BCUT2D eigenvalue weighted by Gasteiger charge is 2.38. The fraction of sp³-hybridized carbons (Fsp3) is 0.227. The van der Waals surface area contributed by atoms with E-state index in [1.54, 1.807) is 4.90 Å². The molecule has 3 aromatic rings. The van der Waals surface area contributed by atoms with Crippen molar-refractivity contribution in [2.75, 3.05) is 34.9 Å². The second kappa shape index (κ2) is 7.35. The fourth-order valence-corrected chi connectivity index (χ4v) is 3.91. The zero-order valence-electron chi connectivity index (χ0n) is 17.0. The molecule has 1 unspecified atom stereocenters. The zero-order valence-corrected chi connectivity index (χ0v) is 17.0. The van der Waals surface area contributed by atoms with Gasteiger partial charge in [0.15, 0.2) is 11.6 Å². The second-order valence-electron chi connectivity index (χ2n) is 7.59. The number of fused-ring (bicyclic) bond motifs is 2. The van der Waals surface area contributed by atoms with E-state index in [1.807, 2.05) is 66.5 Å². The minimum absolute atomic E-state index is 0.145. The first kappa shape index (κ1) is 19.0. The van der Waals surface area contributed by atoms with Crippen molar-refractivity contribution in [2.45, 2.75) is 12.5 Å². The number of amides is 2. The lowest BCUT2D eigenvalue weighted by atomic mass is 10.1. The minimum atomic E-state index is -0.712. The van der Waals surface area contributed by atoms with Crippen LogP contribution in [0.2, 0.25) is 0 Å². The lowest BCUT2D eigenvalue weighted by molar-refractivity contribution is -0.119. The molecule has 31 heavy (non-hydrogen) atoms. The number of nitrogens with two attached hydrogens (primary N) is 1. The Bertz CT molecular complexity index is 1210. The number of rotatable bonds is 3. The maximum atomic E-state index is 13.5. The van der Waals surface area contributed by atoms with Gasteiger partial charge in [-0.25, -0.2) is 9.97 Å². The number of carbonyl (C=O) groups excluding carboxylic acids is 2. The SMILES string of the molecule is CN1CCN(C(=O)C2=NN(c3ccccc3)C(C(N)=O)C2)c2nc3ccccc3nc21. The van der Waals surface area contributed by atoms with Crippen LogP contribution in [-0.2, 0) is 9.59 Å². The third-order valence-electron chi connectivity index (χ3n) is 5.56. The molecule has 0 saturated heterocycles. The Morgan fingerprint density at radius 1 is 0.935 bits per heavy atom. The first-order valence-corrected chi connectivity index (χ1v) is 10.0. The average Bonchev–Trinajstić information content (AvgIpc) is 3.25. The molecule has 0 fully saturated rings. The van der Waals surface area contributed by atoms with Gasteiger partial charge in [0, 0.05) is 26.6 Å². The van der Waals surface area contributed by atoms with Gasteiger partial charge < -0.3 is 10.6 Å². The third-order valence-corrected chi connectivity index (χ3v) is 5.56. The molecule has 2 amide bonds. The highest BCUT2D eigenvalue weighted by Crippen LogP contribution is 2.32. The molecule has 5 rings (SSSR count). The summed E-state index contributed by atoms with van der Waals surface area (Å²) < 4.78 is 0. The molecule has 1 aromatic heterocycles. The van der Waals surface area contributed by atoms with Gasteiger partial charge in [-0.2, -0.15) is 5.10 Å². The van der Waals surface area contributed by atoms with E-state index in [9.17, 15) is 9.59 Å². The van der Waals surface area contributed by atoms with Gasteiger partial charge in [0.05, 0.1) is 16.7 Å². The van der Waals surface area contributed by atoms with Crippen LogP contribution in [0, 0.1) is 0 Å². The highest BCUT2D eigenvalue weighted by molar-refractivity contribution is 6.45. The summed E-state index contributed by atoms with van der Waals surface area (Å²) in [6, 6.07) is 16.1. The van der Waals surface area contributed by atoms with Crippen molar-refractivity contribution >= 4 is 45.9 Å². The lowest BCUT2D eigenvalue weighted by Gasteiger charge is -2.33. The zero-order chi connectivity index (χ0) is 21.5. The summed E-state index contributed by atoms with van der Waals surface area (Å²) >= 11 is 0. The van der Waals surface area contributed by atoms with Crippen LogP contribution in [0.4, 0.5) is 17.3 Å². The van der Waals surface area contributed by atoms with Gasteiger partial charge in [0.1, 0.15) is 11.8 Å². The quantitative estimate of drug-likeness (QED) is 0.695. The number of primary amides is 1. The van der Waals surface area contributed by atoms with Crippen LogP contribution in [-0.4, -0.2) is 53.7 Å². The Balaban J connectivity index is 1.53. The van der Waals surface area contributed by atoms with E-state index >= 15 is 0 Å². The van der Waals surface area contributed by atoms with E-state index in [2.05, 4.69) is 5.10 Å². The average molecular weight is 415 g/mol. The molecule has 0 spiro atoms. The lowest BCUT2D eigenvalue weighted by Crippen LogP contribution is -2.46. The number of para-hydroxylation sites is 3. The number of anilines is 3. The predicted molar refractivity (Wildman–Crippen MR) is 119 cm³/mol. The predicted octanol–water partition coefficient (Wildman–Crippen LogP) is 1.53. The van der Waals surface area contributed by atoms with Crippen LogP contribution in [0.25, 0.3) is 11.0 Å². The number of carbonyl (C=O) groups is 2. The van der Waals surface area contributed by atoms with Gasteiger partial charge >= 0.3 is 0 Å². The molecule has 0 saturated carbocycles. The molecular formula is C22H21N7O2. The van der Waals surface area contributed by atoms with Gasteiger partial charge in [-0.05, 0) is 24.3 Å². The summed E-state index contributed by atoms with van der Waals surface area (Å²) in [7, 11) is 1.93. The van der Waals surface area contributed by atoms with Gasteiger partial charge in [-0.1, -0.05) is 30.3 Å². The van der Waals surface area contributed by atoms with E-state index in [0.717, 1.165) is 5.52 Å². The Morgan fingerprint density at radius 3 is 2.26 bits per heavy atom. The van der Waals surface area contributed by atoms with E-state index in [-0.39, 0.29) is 18.0 Å². The summed E-state index contributed by atoms with van der Waals surface area (Å²) in [4.78, 5) is 38.6. The van der Waals surface area contributed by atoms with Crippen LogP contribution in [0.1, 0.15) is 6.42 Å². The molecule has 0 bridgehead atoms. The number of hydrogen-bond donors (Lipinski definition) is 1. The Hall–Kier alpha value is -4.01. The van der Waals surface area contributed by atoms with Gasteiger partial charge in [0.25, 0.3) is 5.91 Å². The molecule has 3 heterocycles. The first-order chi connectivity index (χ1) is 15.0. The van der Waals surface area contributed by atoms with Crippen LogP contribution in [0.3, 0.4) is 0 Å². The molecule has 9 heteroatoms. The Kier molecular flexibility index (Phi) is 4.50. The molecule has 2 aliphatic heterocycles. The number of nitrogens with zero attached hydrogens (tertiary/aromatic N) is 6. The van der Waals surface area contributed by atoms with Gasteiger partial charge in [-0.3, -0.25) is 19.5 Å².